The maximum absolute atomic E-state index is 5.68. The largest absolute Gasteiger partial charge is 0.493 e. The first-order valence-electron chi connectivity index (χ1n) is 6.91. The molecule has 1 aromatic heterocycles. The summed E-state index contributed by atoms with van der Waals surface area (Å²) in [7, 11) is 1.69. The van der Waals surface area contributed by atoms with Gasteiger partial charge in [0.1, 0.15) is 0 Å². The van der Waals surface area contributed by atoms with Crippen LogP contribution in [0, 0.1) is 5.92 Å². The molecule has 2 heterocycles. The number of pyridine rings is 1. The number of methoxy groups -OCH3 is 1. The number of piperazine rings is 1. The molecule has 106 valence electrons. The molecule has 2 N–H and O–H groups in total. The first-order valence-corrected chi connectivity index (χ1v) is 6.91. The van der Waals surface area contributed by atoms with Gasteiger partial charge in [-0.3, -0.25) is 4.90 Å². The molecule has 5 heteroatoms. The van der Waals surface area contributed by atoms with Crippen molar-refractivity contribution in [3.05, 3.63) is 18.3 Å². The zero-order valence-corrected chi connectivity index (χ0v) is 11.9. The van der Waals surface area contributed by atoms with Crippen LogP contribution in [0.25, 0.3) is 0 Å². The van der Waals surface area contributed by atoms with E-state index in [0.717, 1.165) is 50.8 Å². The van der Waals surface area contributed by atoms with Crippen LogP contribution in [-0.4, -0.2) is 56.3 Å². The minimum atomic E-state index is 0.566. The Morgan fingerprint density at radius 1 is 1.37 bits per heavy atom. The molecule has 0 spiro atoms. The van der Waals surface area contributed by atoms with E-state index < -0.39 is 0 Å². The Labute approximate surface area is 115 Å². The number of ether oxygens (including phenoxy) is 1. The SMILES string of the molecule is COc1cccnc1N1CCN(CC(C)CN)CC1. The highest BCUT2D eigenvalue weighted by Gasteiger charge is 2.21. The number of rotatable bonds is 5. The number of aromatic nitrogens is 1. The first-order chi connectivity index (χ1) is 9.24. The van der Waals surface area contributed by atoms with E-state index in [1.54, 1.807) is 7.11 Å². The smallest absolute Gasteiger partial charge is 0.171 e. The van der Waals surface area contributed by atoms with Crippen molar-refractivity contribution in [2.75, 3.05) is 51.3 Å². The topological polar surface area (TPSA) is 54.6 Å². The predicted molar refractivity (Wildman–Crippen MR) is 77.7 cm³/mol. The molecular weight excluding hydrogens is 240 g/mol. The Morgan fingerprint density at radius 3 is 2.74 bits per heavy atom. The van der Waals surface area contributed by atoms with Gasteiger partial charge in [0.2, 0.25) is 0 Å². The van der Waals surface area contributed by atoms with Crippen molar-refractivity contribution in [3.8, 4) is 5.75 Å². The summed E-state index contributed by atoms with van der Waals surface area (Å²) in [5.41, 5.74) is 5.68. The third-order valence-electron chi connectivity index (χ3n) is 3.61. The molecule has 19 heavy (non-hydrogen) atoms. The molecule has 1 unspecified atom stereocenters. The van der Waals surface area contributed by atoms with Crippen LogP contribution in [0.3, 0.4) is 0 Å². The zero-order chi connectivity index (χ0) is 13.7. The van der Waals surface area contributed by atoms with Crippen LogP contribution in [0.15, 0.2) is 18.3 Å². The van der Waals surface area contributed by atoms with Crippen molar-refractivity contribution in [3.63, 3.8) is 0 Å². The van der Waals surface area contributed by atoms with Gasteiger partial charge in [0, 0.05) is 38.9 Å². The molecule has 0 amide bonds. The Kier molecular flexibility index (Phi) is 4.99. The zero-order valence-electron chi connectivity index (χ0n) is 11.9. The van der Waals surface area contributed by atoms with Gasteiger partial charge in [0.05, 0.1) is 7.11 Å². The Hall–Kier alpha value is -1.33. The summed E-state index contributed by atoms with van der Waals surface area (Å²) in [6.45, 7) is 8.15. The van der Waals surface area contributed by atoms with Gasteiger partial charge in [0.25, 0.3) is 0 Å². The van der Waals surface area contributed by atoms with Crippen molar-refractivity contribution >= 4 is 5.82 Å². The standard InChI is InChI=1S/C14H24N4O/c1-12(10-15)11-17-6-8-18(9-7-17)14-13(19-2)4-3-5-16-14/h3-5,12H,6-11,15H2,1-2H3. The van der Waals surface area contributed by atoms with Gasteiger partial charge in [0.15, 0.2) is 11.6 Å². The summed E-state index contributed by atoms with van der Waals surface area (Å²) >= 11 is 0. The van der Waals surface area contributed by atoms with Crippen molar-refractivity contribution in [1.82, 2.24) is 9.88 Å². The summed E-state index contributed by atoms with van der Waals surface area (Å²) in [5.74, 6) is 2.37. The van der Waals surface area contributed by atoms with E-state index in [1.807, 2.05) is 18.3 Å². The number of nitrogens with two attached hydrogens (primary N) is 1. The van der Waals surface area contributed by atoms with Crippen LogP contribution in [0.4, 0.5) is 5.82 Å². The molecule has 1 aliphatic rings. The monoisotopic (exact) mass is 264 g/mol. The molecule has 1 aromatic rings. The lowest BCUT2D eigenvalue weighted by Gasteiger charge is -2.36. The number of anilines is 1. The van der Waals surface area contributed by atoms with Crippen LogP contribution >= 0.6 is 0 Å². The van der Waals surface area contributed by atoms with Crippen LogP contribution in [0.1, 0.15) is 6.92 Å². The first kappa shape index (κ1) is 14.1. The molecular formula is C14H24N4O. The lowest BCUT2D eigenvalue weighted by Crippen LogP contribution is -2.48. The van der Waals surface area contributed by atoms with Crippen LogP contribution in [-0.2, 0) is 0 Å². The number of hydrogen-bond donors (Lipinski definition) is 1. The second-order valence-corrected chi connectivity index (χ2v) is 5.16. The normalized spacial score (nSPS) is 18.4. The molecule has 5 nitrogen and oxygen atoms in total. The Bertz CT molecular complexity index is 391. The third kappa shape index (κ3) is 3.58. The average Bonchev–Trinajstić information content (AvgIpc) is 2.48. The lowest BCUT2D eigenvalue weighted by molar-refractivity contribution is 0.226. The second kappa shape index (κ2) is 6.73. The van der Waals surface area contributed by atoms with E-state index in [4.69, 9.17) is 10.5 Å². The summed E-state index contributed by atoms with van der Waals surface area (Å²) in [4.78, 5) is 9.21. The molecule has 1 aliphatic heterocycles. The Morgan fingerprint density at radius 2 is 2.11 bits per heavy atom. The van der Waals surface area contributed by atoms with Crippen LogP contribution in [0.2, 0.25) is 0 Å². The van der Waals surface area contributed by atoms with E-state index in [1.165, 1.54) is 0 Å². The quantitative estimate of drug-likeness (QED) is 0.853. The fourth-order valence-electron chi connectivity index (χ4n) is 2.44. The van der Waals surface area contributed by atoms with E-state index in [9.17, 15) is 0 Å². The maximum atomic E-state index is 5.68. The third-order valence-corrected chi connectivity index (χ3v) is 3.61. The highest BCUT2D eigenvalue weighted by molar-refractivity contribution is 5.52. The molecule has 0 bridgehead atoms. The fraction of sp³-hybridized carbons (Fsp3) is 0.643. The van der Waals surface area contributed by atoms with Gasteiger partial charge in [-0.2, -0.15) is 0 Å². The second-order valence-electron chi connectivity index (χ2n) is 5.16. The summed E-state index contributed by atoms with van der Waals surface area (Å²) in [5, 5.41) is 0. The molecule has 1 atom stereocenters. The molecule has 2 rings (SSSR count). The minimum Gasteiger partial charge on any atom is -0.493 e. The molecule has 0 aromatic carbocycles. The minimum absolute atomic E-state index is 0.566. The molecule has 0 radical (unpaired) electrons. The summed E-state index contributed by atoms with van der Waals surface area (Å²) < 4.78 is 5.37. The van der Waals surface area contributed by atoms with E-state index in [-0.39, 0.29) is 0 Å². The van der Waals surface area contributed by atoms with Gasteiger partial charge in [-0.05, 0) is 24.6 Å². The molecule has 0 aliphatic carbocycles. The van der Waals surface area contributed by atoms with Gasteiger partial charge in [-0.15, -0.1) is 0 Å². The molecule has 0 saturated carbocycles. The van der Waals surface area contributed by atoms with Crippen molar-refractivity contribution in [1.29, 1.82) is 0 Å². The summed E-state index contributed by atoms with van der Waals surface area (Å²) in [6.07, 6.45) is 1.82. The highest BCUT2D eigenvalue weighted by atomic mass is 16.5. The van der Waals surface area contributed by atoms with Crippen LogP contribution in [0.5, 0.6) is 5.75 Å². The van der Waals surface area contributed by atoms with E-state index in [0.29, 0.717) is 5.92 Å². The van der Waals surface area contributed by atoms with Gasteiger partial charge >= 0.3 is 0 Å². The van der Waals surface area contributed by atoms with Gasteiger partial charge in [-0.25, -0.2) is 4.98 Å². The number of hydrogen-bond acceptors (Lipinski definition) is 5. The van der Waals surface area contributed by atoms with Crippen molar-refractivity contribution in [2.45, 2.75) is 6.92 Å². The highest BCUT2D eigenvalue weighted by Crippen LogP contribution is 2.25. The van der Waals surface area contributed by atoms with Gasteiger partial charge in [-0.1, -0.05) is 6.92 Å². The molecule has 1 saturated heterocycles. The van der Waals surface area contributed by atoms with Crippen molar-refractivity contribution < 1.29 is 4.74 Å². The Balaban J connectivity index is 1.92. The molecule has 1 fully saturated rings. The fourth-order valence-corrected chi connectivity index (χ4v) is 2.44. The van der Waals surface area contributed by atoms with E-state index >= 15 is 0 Å². The number of nitrogens with zero attached hydrogens (tertiary/aromatic N) is 3. The van der Waals surface area contributed by atoms with Crippen molar-refractivity contribution in [2.24, 2.45) is 11.7 Å². The average molecular weight is 264 g/mol. The van der Waals surface area contributed by atoms with Crippen LogP contribution < -0.4 is 15.4 Å². The lowest BCUT2D eigenvalue weighted by atomic mass is 10.1. The predicted octanol–water partition coefficient (Wildman–Crippen LogP) is 0.807. The maximum Gasteiger partial charge on any atom is 0.171 e. The van der Waals surface area contributed by atoms with E-state index in [2.05, 4.69) is 21.7 Å². The summed E-state index contributed by atoms with van der Waals surface area (Å²) in [6, 6.07) is 3.87. The van der Waals surface area contributed by atoms with Gasteiger partial charge < -0.3 is 15.4 Å².